The van der Waals surface area contributed by atoms with Crippen LogP contribution in [-0.4, -0.2) is 10.3 Å². The average Bonchev–Trinajstić information content (AvgIpc) is 1.86. The summed E-state index contributed by atoms with van der Waals surface area (Å²) in [5, 5.41) is 4.92. The first kappa shape index (κ1) is 3.01. The van der Waals surface area contributed by atoms with Gasteiger partial charge in [0.25, 0.3) is 0 Å². The van der Waals surface area contributed by atoms with Crippen molar-refractivity contribution in [3.63, 3.8) is 0 Å². The fourth-order valence-electron chi connectivity index (χ4n) is 0.128. The van der Waals surface area contributed by atoms with Crippen molar-refractivity contribution >= 4 is 0 Å². The van der Waals surface area contributed by atoms with E-state index in [9.17, 15) is 0 Å². The number of nitrogens with zero attached hydrogens (tertiary/aromatic N) is 2. The summed E-state index contributed by atoms with van der Waals surface area (Å²) >= 11 is 0. The summed E-state index contributed by atoms with van der Waals surface area (Å²) in [6.45, 7) is 0. The highest BCUT2D eigenvalue weighted by atomic mass is 16.8. The SMILES string of the molecule is Nn1[n-]o[nH]o1. The first-order chi connectivity index (χ1) is 2.89. The van der Waals surface area contributed by atoms with Crippen LogP contribution in [0.1, 0.15) is 0 Å². The lowest BCUT2D eigenvalue weighted by Gasteiger charge is -1.80. The zero-order valence-corrected chi connectivity index (χ0v) is 2.79. The molecule has 3 N–H and O–H groups in total. The number of nitrogens with one attached hydrogen (secondary N) is 1. The van der Waals surface area contributed by atoms with E-state index in [1.54, 1.807) is 0 Å². The number of nitrogen functional groups attached to an aromatic ring is 1. The topological polar surface area (TPSA) is 87.1 Å². The van der Waals surface area contributed by atoms with E-state index in [0.29, 0.717) is 4.96 Å². The van der Waals surface area contributed by atoms with Gasteiger partial charge in [0.2, 0.25) is 0 Å². The van der Waals surface area contributed by atoms with Gasteiger partial charge in [-0.1, -0.05) is 10.2 Å². The molecule has 0 aliphatic rings. The van der Waals surface area contributed by atoms with Crippen LogP contribution in [0.5, 0.6) is 0 Å². The zero-order chi connectivity index (χ0) is 4.41. The Balaban J connectivity index is 3.05. The summed E-state index contributed by atoms with van der Waals surface area (Å²) in [5.41, 5.74) is 0. The Morgan fingerprint density at radius 1 is 1.83 bits per heavy atom. The molecule has 6 heavy (non-hydrogen) atoms. The van der Waals surface area contributed by atoms with Crippen molar-refractivity contribution in [1.29, 1.82) is 0 Å². The van der Waals surface area contributed by atoms with E-state index in [2.05, 4.69) is 14.5 Å². The lowest BCUT2D eigenvalue weighted by molar-refractivity contribution is 0.165. The van der Waals surface area contributed by atoms with Crippen LogP contribution in [0.4, 0.5) is 0 Å². The van der Waals surface area contributed by atoms with Gasteiger partial charge in [-0.25, -0.2) is 0 Å². The monoisotopic (exact) mass is 91.0 g/mol. The van der Waals surface area contributed by atoms with Crippen LogP contribution in [0, 0.1) is 0 Å². The van der Waals surface area contributed by atoms with E-state index in [1.807, 2.05) is 5.33 Å². The fourth-order valence-corrected chi connectivity index (χ4v) is 0.128. The largest absolute Gasteiger partial charge is 0.368 e. The molecule has 0 atom stereocenters. The minimum absolute atomic E-state index is 0.653. The first-order valence-electron chi connectivity index (χ1n) is 1.23. The van der Waals surface area contributed by atoms with Gasteiger partial charge in [-0.05, 0) is 0 Å². The molecule has 1 heterocycles. The highest BCUT2D eigenvalue weighted by Crippen LogP contribution is 1.58. The standard InChI is InChI=1S/H3N4O2/c1-4-2-5-3-6-4/h3H,1H2/q-1. The Morgan fingerprint density at radius 3 is 2.83 bits per heavy atom. The number of H-pyrrole nitrogens is 1. The molecule has 0 amide bonds. The van der Waals surface area contributed by atoms with Crippen LogP contribution in [0.3, 0.4) is 0 Å². The summed E-state index contributed by atoms with van der Waals surface area (Å²) in [7, 11) is 0. The maximum atomic E-state index is 4.79. The molecule has 6 nitrogen and oxygen atoms in total. The van der Waals surface area contributed by atoms with Crippen LogP contribution < -0.4 is 11.1 Å². The molecule has 0 aromatic carbocycles. The average molecular weight is 91.0 g/mol. The predicted molar refractivity (Wildman–Crippen MR) is 14.4 cm³/mol. The van der Waals surface area contributed by atoms with Gasteiger partial charge in [-0.2, -0.15) is 0 Å². The molecule has 1 rings (SSSR count). The van der Waals surface area contributed by atoms with Gasteiger partial charge in [0.1, 0.15) is 0 Å². The minimum atomic E-state index is 0.653. The maximum absolute atomic E-state index is 4.79. The first-order valence-corrected chi connectivity index (χ1v) is 1.23. The Hall–Kier alpha value is -1.20. The Labute approximate surface area is 32.0 Å². The number of aromatic nitrogens is 3. The van der Waals surface area contributed by atoms with Crippen LogP contribution in [0.2, 0.25) is 0 Å². The molecule has 6 heteroatoms. The third-order valence-corrected chi connectivity index (χ3v) is 0.289. The highest BCUT2D eigenvalue weighted by Gasteiger charge is 1.60. The van der Waals surface area contributed by atoms with Crippen molar-refractivity contribution in [3.05, 3.63) is 0 Å². The van der Waals surface area contributed by atoms with Crippen LogP contribution in [0.25, 0.3) is 0 Å². The van der Waals surface area contributed by atoms with Gasteiger partial charge >= 0.3 is 0 Å². The normalized spacial score (nSPS) is 8.67. The van der Waals surface area contributed by atoms with Crippen molar-refractivity contribution in [2.24, 2.45) is 0 Å². The molecular weight excluding hydrogens is 88.0 g/mol. The Morgan fingerprint density at radius 2 is 2.67 bits per heavy atom. The molecule has 0 radical (unpaired) electrons. The number of hydrogen-bond acceptors (Lipinski definition) is 3. The zero-order valence-electron chi connectivity index (χ0n) is 2.79. The molecule has 0 saturated heterocycles. The Kier molecular flexibility index (Phi) is 0.444. The summed E-state index contributed by atoms with van der Waals surface area (Å²) in [5.74, 6) is 4.79. The molecule has 0 unspecified atom stereocenters. The molecule has 0 aliphatic heterocycles. The highest BCUT2D eigenvalue weighted by molar-refractivity contribution is 3.91. The van der Waals surface area contributed by atoms with Gasteiger partial charge in [-0.3, -0.25) is 0 Å². The molecule has 0 spiro atoms. The second-order valence-electron chi connectivity index (χ2n) is 0.650. The number of nitrogens with two attached hydrogens (primary N) is 1. The molecular formula is H3N4O2-. The van der Waals surface area contributed by atoms with Crippen molar-refractivity contribution in [3.8, 4) is 0 Å². The van der Waals surface area contributed by atoms with Gasteiger partial charge in [0, 0.05) is 0 Å². The van der Waals surface area contributed by atoms with Crippen LogP contribution >= 0.6 is 0 Å². The molecule has 1 aromatic heterocycles. The lowest BCUT2D eigenvalue weighted by atomic mass is 12.6. The minimum Gasteiger partial charge on any atom is -0.368 e. The van der Waals surface area contributed by atoms with Crippen molar-refractivity contribution < 1.29 is 9.26 Å². The summed E-state index contributed by atoms with van der Waals surface area (Å²) < 4.78 is 8.14. The molecule has 1 aromatic rings. The van der Waals surface area contributed by atoms with E-state index in [1.165, 1.54) is 0 Å². The van der Waals surface area contributed by atoms with Gasteiger partial charge < -0.3 is 15.1 Å². The van der Waals surface area contributed by atoms with E-state index >= 15 is 0 Å². The smallest absolute Gasteiger partial charge is 0.0827 e. The van der Waals surface area contributed by atoms with Gasteiger partial charge in [-0.15, -0.1) is 5.33 Å². The third kappa shape index (κ3) is 0.270. The van der Waals surface area contributed by atoms with E-state index < -0.39 is 0 Å². The number of rotatable bonds is 0. The molecule has 0 fully saturated rings. The molecule has 0 saturated carbocycles. The van der Waals surface area contributed by atoms with E-state index in [-0.39, 0.29) is 0 Å². The lowest BCUT2D eigenvalue weighted by Crippen LogP contribution is -2.09. The number of aromatic amines is 1. The molecule has 0 aliphatic carbocycles. The van der Waals surface area contributed by atoms with Gasteiger partial charge in [0.15, 0.2) is 0 Å². The van der Waals surface area contributed by atoms with Crippen molar-refractivity contribution in [1.82, 2.24) is 15.6 Å². The van der Waals surface area contributed by atoms with Crippen LogP contribution in [-0.2, 0) is 0 Å². The summed E-state index contributed by atoms with van der Waals surface area (Å²) in [6, 6.07) is 0. The third-order valence-electron chi connectivity index (χ3n) is 0.289. The van der Waals surface area contributed by atoms with Crippen molar-refractivity contribution in [2.45, 2.75) is 0 Å². The predicted octanol–water partition coefficient (Wildman–Crippen LogP) is -1.20. The van der Waals surface area contributed by atoms with Crippen molar-refractivity contribution in [2.75, 3.05) is 5.84 Å². The second-order valence-corrected chi connectivity index (χ2v) is 0.650. The summed E-state index contributed by atoms with van der Waals surface area (Å²) in [6.07, 6.45) is 0. The summed E-state index contributed by atoms with van der Waals surface area (Å²) in [4.78, 5) is 0.653. The quantitative estimate of drug-likeness (QED) is 0.392. The maximum Gasteiger partial charge on any atom is -0.0827 e. The second kappa shape index (κ2) is 0.886. The Bertz CT molecular complexity index is 109. The number of hydrogen-bond donors (Lipinski definition) is 2. The molecule has 0 bridgehead atoms. The molecule has 36 valence electrons. The van der Waals surface area contributed by atoms with E-state index in [4.69, 9.17) is 5.84 Å². The fraction of sp³-hybridized carbons (Fsp3) is 0. The van der Waals surface area contributed by atoms with Gasteiger partial charge in [0.05, 0.1) is 0 Å². The van der Waals surface area contributed by atoms with Crippen LogP contribution in [0.15, 0.2) is 9.26 Å². The van der Waals surface area contributed by atoms with E-state index in [0.717, 1.165) is 0 Å².